The molecule has 0 amide bonds. The van der Waals surface area contributed by atoms with Gasteiger partial charge in [0.05, 0.1) is 0 Å². The molecule has 2 aromatic rings. The van der Waals surface area contributed by atoms with Gasteiger partial charge < -0.3 is 0 Å². The van der Waals surface area contributed by atoms with Crippen molar-refractivity contribution < 1.29 is 0 Å². The fourth-order valence-corrected chi connectivity index (χ4v) is 10.5. The van der Waals surface area contributed by atoms with Gasteiger partial charge in [0.1, 0.15) is 0 Å². The van der Waals surface area contributed by atoms with Gasteiger partial charge in [0.2, 0.25) is 0 Å². The van der Waals surface area contributed by atoms with Crippen molar-refractivity contribution in [2.75, 3.05) is 0 Å². The van der Waals surface area contributed by atoms with Gasteiger partial charge in [-0.15, -0.1) is 0 Å². The fraction of sp³-hybridized carbons (Fsp3) is 0.0769. The van der Waals surface area contributed by atoms with Gasteiger partial charge in [0.25, 0.3) is 0 Å². The van der Waals surface area contributed by atoms with Crippen LogP contribution in [0.15, 0.2) is 60.7 Å². The van der Waals surface area contributed by atoms with Crippen LogP contribution >= 0.6 is 0 Å². The van der Waals surface area contributed by atoms with Crippen LogP contribution in [0.2, 0.25) is 2.52 Å². The van der Waals surface area contributed by atoms with Gasteiger partial charge in [0, 0.05) is 0 Å². The minimum atomic E-state index is 0.0814. The van der Waals surface area contributed by atoms with E-state index in [2.05, 4.69) is 60.7 Å². The average Bonchev–Trinajstić information content (AvgIpc) is 2.32. The molecule has 0 radical (unpaired) electrons. The minimum absolute atomic E-state index is 0.0814. The molecule has 2 heteroatoms. The first-order valence-electron chi connectivity index (χ1n) is 4.81. The van der Waals surface area contributed by atoms with Gasteiger partial charge in [-0.3, -0.25) is 0 Å². The molecular weight excluding hydrogens is 411 g/mol. The molecule has 0 aliphatic heterocycles. The first kappa shape index (κ1) is 11.5. The molecule has 0 aliphatic rings. The summed E-state index contributed by atoms with van der Waals surface area (Å²) in [6.07, 6.45) is 0. The predicted octanol–water partition coefficient (Wildman–Crippen LogP) is 1.42. The predicted molar refractivity (Wildman–Crippen MR) is 68.5 cm³/mol. The van der Waals surface area contributed by atoms with Crippen LogP contribution in [0.5, 0.6) is 0 Å². The molecule has 0 unspecified atom stereocenters. The molecule has 2 rings (SSSR count). The summed E-state index contributed by atoms with van der Waals surface area (Å²) >= 11 is 0.163. The van der Waals surface area contributed by atoms with Gasteiger partial charge in [-0.2, -0.15) is 0 Å². The van der Waals surface area contributed by atoms with Crippen LogP contribution in [0.4, 0.5) is 0 Å². The molecule has 0 fully saturated rings. The molecular formula is C13H12Te2. The summed E-state index contributed by atoms with van der Waals surface area (Å²) in [7, 11) is 0. The Bertz CT molecular complexity index is 344. The number of benzene rings is 2. The number of hydrogen-bond donors (Lipinski definition) is 0. The Kier molecular flexibility index (Phi) is 5.04. The molecule has 0 atom stereocenters. The second-order valence-electron chi connectivity index (χ2n) is 3.03. The third-order valence-corrected chi connectivity index (χ3v) is 10.6. The van der Waals surface area contributed by atoms with E-state index in [1.165, 1.54) is 2.52 Å². The molecule has 2 aromatic carbocycles. The van der Waals surface area contributed by atoms with E-state index in [9.17, 15) is 0 Å². The van der Waals surface area contributed by atoms with Crippen LogP contribution in [-0.4, -0.2) is 41.8 Å². The zero-order valence-corrected chi connectivity index (χ0v) is 13.0. The Hall–Kier alpha value is 0.0192. The summed E-state index contributed by atoms with van der Waals surface area (Å²) in [4.78, 5) is 0. The van der Waals surface area contributed by atoms with Crippen LogP contribution in [0.25, 0.3) is 0 Å². The molecule has 15 heavy (non-hydrogen) atoms. The summed E-state index contributed by atoms with van der Waals surface area (Å²) < 4.78 is 4.69. The zero-order valence-electron chi connectivity index (χ0n) is 8.30. The van der Waals surface area contributed by atoms with E-state index >= 15 is 0 Å². The first-order valence-corrected chi connectivity index (χ1v) is 10.4. The Balaban J connectivity index is 1.81. The van der Waals surface area contributed by atoms with E-state index < -0.39 is 0 Å². The molecule has 0 nitrogen and oxygen atoms in total. The standard InChI is InChI=1S/C13H12Te2/c1-3-7-12(8-4-1)14-11-15-13-9-5-2-6-10-13/h1-10H,11H2. The molecule has 76 valence electrons. The molecule has 0 N–H and O–H groups in total. The van der Waals surface area contributed by atoms with E-state index in [4.69, 9.17) is 0 Å². The molecule has 0 bridgehead atoms. The van der Waals surface area contributed by atoms with E-state index in [0.29, 0.717) is 0 Å². The third-order valence-electron chi connectivity index (χ3n) is 1.94. The van der Waals surface area contributed by atoms with Crippen molar-refractivity contribution in [2.24, 2.45) is 0 Å². The van der Waals surface area contributed by atoms with E-state index in [1.807, 2.05) is 0 Å². The van der Waals surface area contributed by atoms with E-state index in [1.54, 1.807) is 7.22 Å². The van der Waals surface area contributed by atoms with Gasteiger partial charge in [0.15, 0.2) is 0 Å². The van der Waals surface area contributed by atoms with E-state index in [-0.39, 0.29) is 41.8 Å². The Labute approximate surface area is 111 Å². The van der Waals surface area contributed by atoms with Crippen LogP contribution in [-0.2, 0) is 0 Å². The average molecular weight is 423 g/mol. The van der Waals surface area contributed by atoms with Crippen molar-refractivity contribution in [3.05, 3.63) is 60.7 Å². The molecule has 0 saturated carbocycles. The Morgan fingerprint density at radius 3 is 1.40 bits per heavy atom. The summed E-state index contributed by atoms with van der Waals surface area (Å²) in [5.74, 6) is 0. The van der Waals surface area contributed by atoms with Crippen molar-refractivity contribution in [1.82, 2.24) is 0 Å². The molecule has 0 aromatic heterocycles. The van der Waals surface area contributed by atoms with Crippen LogP contribution in [0, 0.1) is 0 Å². The van der Waals surface area contributed by atoms with Crippen molar-refractivity contribution in [3.8, 4) is 0 Å². The molecule has 0 spiro atoms. The second kappa shape index (κ2) is 6.57. The van der Waals surface area contributed by atoms with Gasteiger partial charge in [-0.25, -0.2) is 0 Å². The molecule has 0 heterocycles. The van der Waals surface area contributed by atoms with Gasteiger partial charge in [-0.1, -0.05) is 0 Å². The monoisotopic (exact) mass is 428 g/mol. The summed E-state index contributed by atoms with van der Waals surface area (Å²) in [5, 5.41) is 0. The second-order valence-corrected chi connectivity index (χ2v) is 12.6. The quantitative estimate of drug-likeness (QED) is 0.653. The van der Waals surface area contributed by atoms with Crippen molar-refractivity contribution in [1.29, 1.82) is 0 Å². The number of hydrogen-bond acceptors (Lipinski definition) is 0. The van der Waals surface area contributed by atoms with Gasteiger partial charge >= 0.3 is 112 Å². The summed E-state index contributed by atoms with van der Waals surface area (Å²) in [6.45, 7) is 0. The van der Waals surface area contributed by atoms with Gasteiger partial charge in [-0.05, 0) is 0 Å². The topological polar surface area (TPSA) is 0 Å². The van der Waals surface area contributed by atoms with Crippen molar-refractivity contribution >= 4 is 49.1 Å². The normalized spacial score (nSPS) is 10.1. The molecule has 0 saturated heterocycles. The number of rotatable bonds is 4. The summed E-state index contributed by atoms with van der Waals surface area (Å²) in [5.41, 5.74) is 0. The Morgan fingerprint density at radius 2 is 1.00 bits per heavy atom. The molecule has 0 aliphatic carbocycles. The Morgan fingerprint density at radius 1 is 0.600 bits per heavy atom. The van der Waals surface area contributed by atoms with E-state index in [0.717, 1.165) is 0 Å². The summed E-state index contributed by atoms with van der Waals surface area (Å²) in [6, 6.07) is 21.9. The fourth-order valence-electron chi connectivity index (χ4n) is 1.20. The van der Waals surface area contributed by atoms with Crippen LogP contribution < -0.4 is 7.22 Å². The van der Waals surface area contributed by atoms with Crippen LogP contribution in [0.1, 0.15) is 0 Å². The maximum absolute atomic E-state index is 2.28. The third kappa shape index (κ3) is 4.18. The maximum atomic E-state index is 2.28. The first-order chi connectivity index (χ1) is 7.45. The van der Waals surface area contributed by atoms with Crippen LogP contribution in [0.3, 0.4) is 0 Å². The van der Waals surface area contributed by atoms with Crippen molar-refractivity contribution in [2.45, 2.75) is 2.52 Å². The zero-order chi connectivity index (χ0) is 10.3. The van der Waals surface area contributed by atoms with Crippen molar-refractivity contribution in [3.63, 3.8) is 0 Å². The SMILES string of the molecule is c1ccc([Te]C[Te]c2ccccc2)cc1.